The van der Waals surface area contributed by atoms with Crippen molar-refractivity contribution in [3.63, 3.8) is 0 Å². The smallest absolute Gasteiger partial charge is 0.428 e. The molecule has 1 fully saturated rings. The molecule has 0 radical (unpaired) electrons. The van der Waals surface area contributed by atoms with Gasteiger partial charge in [0.05, 0.1) is 20.8 Å². The molecular weight excluding hydrogens is 302 g/mol. The number of methoxy groups -OCH3 is 2. The Morgan fingerprint density at radius 1 is 1.17 bits per heavy atom. The normalized spacial score (nSPS) is 13.9. The molecule has 1 saturated heterocycles. The molecule has 2 heterocycles. The summed E-state index contributed by atoms with van der Waals surface area (Å²) in [6.07, 6.45) is 0.904. The van der Waals surface area contributed by atoms with E-state index in [0.29, 0.717) is 32.0 Å². The SMILES string of the molecule is CCCOC(=O)N1CCCN1C(=O)c1ccc(OC)nc1OC. The van der Waals surface area contributed by atoms with E-state index >= 15 is 0 Å². The lowest BCUT2D eigenvalue weighted by Gasteiger charge is -2.27. The zero-order valence-electron chi connectivity index (χ0n) is 13.6. The van der Waals surface area contributed by atoms with Crippen LogP contribution in [0.5, 0.6) is 11.8 Å². The summed E-state index contributed by atoms with van der Waals surface area (Å²) < 4.78 is 15.3. The molecule has 2 rings (SSSR count). The fourth-order valence-corrected chi connectivity index (χ4v) is 2.27. The highest BCUT2D eigenvalue weighted by molar-refractivity contribution is 5.97. The molecule has 0 atom stereocenters. The summed E-state index contributed by atoms with van der Waals surface area (Å²) >= 11 is 0. The number of rotatable bonds is 5. The molecule has 0 saturated carbocycles. The van der Waals surface area contributed by atoms with E-state index in [4.69, 9.17) is 14.2 Å². The first-order chi connectivity index (χ1) is 11.1. The van der Waals surface area contributed by atoms with Crippen LogP contribution in [0.1, 0.15) is 30.1 Å². The van der Waals surface area contributed by atoms with Crippen LogP contribution in [-0.2, 0) is 4.74 Å². The zero-order chi connectivity index (χ0) is 16.8. The van der Waals surface area contributed by atoms with Gasteiger partial charge in [0.25, 0.3) is 5.91 Å². The molecule has 23 heavy (non-hydrogen) atoms. The molecule has 126 valence electrons. The van der Waals surface area contributed by atoms with E-state index in [9.17, 15) is 9.59 Å². The number of carbonyl (C=O) groups is 2. The summed E-state index contributed by atoms with van der Waals surface area (Å²) in [5.74, 6) is 0.144. The van der Waals surface area contributed by atoms with Crippen LogP contribution in [0, 0.1) is 0 Å². The van der Waals surface area contributed by atoms with Crippen LogP contribution in [0.25, 0.3) is 0 Å². The van der Waals surface area contributed by atoms with Crippen molar-refractivity contribution in [1.82, 2.24) is 15.0 Å². The molecule has 1 aromatic rings. The number of carbonyl (C=O) groups excluding carboxylic acids is 2. The molecule has 8 heteroatoms. The van der Waals surface area contributed by atoms with Crippen LogP contribution in [0.2, 0.25) is 0 Å². The van der Waals surface area contributed by atoms with Gasteiger partial charge in [0, 0.05) is 19.2 Å². The number of hydrogen-bond acceptors (Lipinski definition) is 6. The van der Waals surface area contributed by atoms with Crippen LogP contribution in [0.15, 0.2) is 12.1 Å². The second-order valence-electron chi connectivity index (χ2n) is 4.93. The van der Waals surface area contributed by atoms with Gasteiger partial charge in [-0.3, -0.25) is 4.79 Å². The molecule has 1 aliphatic heterocycles. The molecule has 0 bridgehead atoms. The average molecular weight is 323 g/mol. The van der Waals surface area contributed by atoms with Gasteiger partial charge in [-0.25, -0.2) is 14.8 Å². The lowest BCUT2D eigenvalue weighted by Crippen LogP contribution is -2.45. The number of nitrogens with zero attached hydrogens (tertiary/aromatic N) is 3. The highest BCUT2D eigenvalue weighted by atomic mass is 16.6. The Bertz CT molecular complexity index is 578. The van der Waals surface area contributed by atoms with Crippen molar-refractivity contribution in [2.75, 3.05) is 33.9 Å². The Balaban J connectivity index is 2.20. The molecule has 0 unspecified atom stereocenters. The van der Waals surface area contributed by atoms with Crippen molar-refractivity contribution >= 4 is 12.0 Å². The molecule has 8 nitrogen and oxygen atoms in total. The van der Waals surface area contributed by atoms with Crippen molar-refractivity contribution < 1.29 is 23.8 Å². The summed E-state index contributed by atoms with van der Waals surface area (Å²) in [6.45, 7) is 3.12. The monoisotopic (exact) mass is 323 g/mol. The predicted octanol–water partition coefficient (Wildman–Crippen LogP) is 1.71. The second-order valence-corrected chi connectivity index (χ2v) is 4.93. The zero-order valence-corrected chi connectivity index (χ0v) is 13.6. The Morgan fingerprint density at radius 3 is 2.57 bits per heavy atom. The summed E-state index contributed by atoms with van der Waals surface area (Å²) in [4.78, 5) is 28.9. The second kappa shape index (κ2) is 7.66. The minimum absolute atomic E-state index is 0.156. The number of amides is 2. The molecule has 2 amide bonds. The van der Waals surface area contributed by atoms with Gasteiger partial charge in [0.2, 0.25) is 11.8 Å². The fraction of sp³-hybridized carbons (Fsp3) is 0.533. The van der Waals surface area contributed by atoms with Gasteiger partial charge in [-0.15, -0.1) is 0 Å². The maximum Gasteiger partial charge on any atom is 0.428 e. The predicted molar refractivity (Wildman–Crippen MR) is 81.3 cm³/mol. The quantitative estimate of drug-likeness (QED) is 0.820. The molecule has 0 N–H and O–H groups in total. The van der Waals surface area contributed by atoms with E-state index in [1.165, 1.54) is 24.2 Å². The first-order valence-electron chi connectivity index (χ1n) is 7.47. The van der Waals surface area contributed by atoms with Crippen molar-refractivity contribution in [3.8, 4) is 11.8 Å². The van der Waals surface area contributed by atoms with E-state index in [-0.39, 0.29) is 17.4 Å². The third-order valence-corrected chi connectivity index (χ3v) is 3.37. The van der Waals surface area contributed by atoms with Crippen LogP contribution in [-0.4, -0.2) is 60.9 Å². The van der Waals surface area contributed by atoms with Crippen LogP contribution < -0.4 is 9.47 Å². The van der Waals surface area contributed by atoms with Crippen molar-refractivity contribution in [1.29, 1.82) is 0 Å². The lowest BCUT2D eigenvalue weighted by atomic mass is 10.2. The number of pyridine rings is 1. The van der Waals surface area contributed by atoms with E-state index in [0.717, 1.165) is 6.42 Å². The third kappa shape index (κ3) is 3.64. The molecule has 0 spiro atoms. The summed E-state index contributed by atoms with van der Waals surface area (Å²) in [6, 6.07) is 3.15. The molecule has 0 aromatic carbocycles. The highest BCUT2D eigenvalue weighted by Crippen LogP contribution is 2.24. The van der Waals surface area contributed by atoms with E-state index < -0.39 is 6.09 Å². The molecule has 0 aliphatic carbocycles. The maximum absolute atomic E-state index is 12.7. The summed E-state index contributed by atoms with van der Waals surface area (Å²) in [7, 11) is 2.91. The largest absolute Gasteiger partial charge is 0.481 e. The topological polar surface area (TPSA) is 81.2 Å². The van der Waals surface area contributed by atoms with Gasteiger partial charge in [-0.2, -0.15) is 4.98 Å². The number of hydrogen-bond donors (Lipinski definition) is 0. The fourth-order valence-electron chi connectivity index (χ4n) is 2.27. The van der Waals surface area contributed by atoms with Gasteiger partial charge in [0.1, 0.15) is 5.56 Å². The number of hydrazine groups is 1. The Hall–Kier alpha value is -2.51. The first-order valence-corrected chi connectivity index (χ1v) is 7.47. The standard InChI is InChI=1S/C15H21N3O5/c1-4-10-23-15(20)18-9-5-8-17(18)14(19)11-6-7-12(21-2)16-13(11)22-3/h6-7H,4-5,8-10H2,1-3H3. The van der Waals surface area contributed by atoms with E-state index in [1.807, 2.05) is 6.92 Å². The Labute approximate surface area is 134 Å². The minimum Gasteiger partial charge on any atom is -0.481 e. The number of aromatic nitrogens is 1. The van der Waals surface area contributed by atoms with Crippen LogP contribution in [0.4, 0.5) is 4.79 Å². The van der Waals surface area contributed by atoms with Crippen LogP contribution in [0.3, 0.4) is 0 Å². The van der Waals surface area contributed by atoms with Gasteiger partial charge < -0.3 is 14.2 Å². The van der Waals surface area contributed by atoms with Gasteiger partial charge in [-0.05, 0) is 18.9 Å². The Kier molecular flexibility index (Phi) is 5.61. The first kappa shape index (κ1) is 16.9. The van der Waals surface area contributed by atoms with Gasteiger partial charge in [0.15, 0.2) is 0 Å². The number of ether oxygens (including phenoxy) is 3. The average Bonchev–Trinajstić information content (AvgIpc) is 3.08. The maximum atomic E-state index is 12.7. The van der Waals surface area contributed by atoms with Gasteiger partial charge in [-0.1, -0.05) is 6.92 Å². The lowest BCUT2D eigenvalue weighted by molar-refractivity contribution is 0.0130. The van der Waals surface area contributed by atoms with Crippen molar-refractivity contribution in [2.45, 2.75) is 19.8 Å². The summed E-state index contributed by atoms with van der Waals surface area (Å²) in [5.41, 5.74) is 0.267. The van der Waals surface area contributed by atoms with Crippen LogP contribution >= 0.6 is 0 Å². The van der Waals surface area contributed by atoms with Crippen molar-refractivity contribution in [3.05, 3.63) is 17.7 Å². The van der Waals surface area contributed by atoms with E-state index in [2.05, 4.69) is 4.98 Å². The Morgan fingerprint density at radius 2 is 1.91 bits per heavy atom. The van der Waals surface area contributed by atoms with Gasteiger partial charge >= 0.3 is 6.09 Å². The highest BCUT2D eigenvalue weighted by Gasteiger charge is 2.33. The van der Waals surface area contributed by atoms with E-state index in [1.54, 1.807) is 12.1 Å². The molecular formula is C15H21N3O5. The minimum atomic E-state index is -0.516. The third-order valence-electron chi connectivity index (χ3n) is 3.37. The van der Waals surface area contributed by atoms with Crippen molar-refractivity contribution in [2.24, 2.45) is 0 Å². The molecule has 1 aromatic heterocycles. The summed E-state index contributed by atoms with van der Waals surface area (Å²) in [5, 5.41) is 2.69. The molecule has 1 aliphatic rings.